The molecule has 3 aromatic carbocycles. The number of nitrogens with one attached hydrogen (secondary N) is 1. The van der Waals surface area contributed by atoms with Crippen molar-refractivity contribution in [1.29, 1.82) is 0 Å². The Bertz CT molecular complexity index is 1350. The molecule has 0 radical (unpaired) electrons. The molecule has 1 heterocycles. The van der Waals surface area contributed by atoms with Gasteiger partial charge in [0, 0.05) is 46.5 Å². The SMILES string of the molecule is COC(CN(C)C(=O)CCOCCc1ccc(CCN2CC3CCCC3C2)cc1)OC.O=C(O)Nc1ccccc1-c1ccccc1. The van der Waals surface area contributed by atoms with Crippen LogP contribution in [0.15, 0.2) is 78.9 Å². The van der Waals surface area contributed by atoms with E-state index in [1.807, 2.05) is 42.5 Å². The average Bonchev–Trinajstić information content (AvgIpc) is 3.70. The number of hydrogen-bond acceptors (Lipinski definition) is 6. The Hall–Kier alpha value is -3.76. The van der Waals surface area contributed by atoms with Crippen molar-refractivity contribution in [3.63, 3.8) is 0 Å². The topological polar surface area (TPSA) is 101 Å². The largest absolute Gasteiger partial charge is 0.465 e. The summed E-state index contributed by atoms with van der Waals surface area (Å²) in [6, 6.07) is 25.9. The van der Waals surface area contributed by atoms with E-state index in [2.05, 4.69) is 34.5 Å². The van der Waals surface area contributed by atoms with Crippen LogP contribution in [0.25, 0.3) is 11.1 Å². The fourth-order valence-corrected chi connectivity index (χ4v) is 6.46. The summed E-state index contributed by atoms with van der Waals surface area (Å²) in [7, 11) is 4.89. The number of fused-ring (bicyclic) bond motifs is 1. The summed E-state index contributed by atoms with van der Waals surface area (Å²) in [6.45, 7) is 5.30. The minimum absolute atomic E-state index is 0.0325. The molecule has 1 saturated heterocycles. The number of hydrogen-bond donors (Lipinski definition) is 2. The normalized spacial score (nSPS) is 17.2. The number of amides is 2. The van der Waals surface area contributed by atoms with E-state index in [1.54, 1.807) is 38.3 Å². The van der Waals surface area contributed by atoms with E-state index in [0.717, 1.165) is 35.8 Å². The minimum atomic E-state index is -1.05. The van der Waals surface area contributed by atoms with Crippen molar-refractivity contribution in [2.24, 2.45) is 11.8 Å². The lowest BCUT2D eigenvalue weighted by Gasteiger charge is -2.22. The molecule has 1 aliphatic heterocycles. The zero-order chi connectivity index (χ0) is 33.4. The third-order valence-electron chi connectivity index (χ3n) is 9.16. The molecule has 9 nitrogen and oxygen atoms in total. The van der Waals surface area contributed by atoms with Gasteiger partial charge in [-0.2, -0.15) is 0 Å². The number of rotatable bonds is 15. The van der Waals surface area contributed by atoms with Gasteiger partial charge in [0.25, 0.3) is 0 Å². The molecule has 9 heteroatoms. The van der Waals surface area contributed by atoms with Crippen LogP contribution in [-0.2, 0) is 31.8 Å². The van der Waals surface area contributed by atoms with Crippen LogP contribution in [-0.4, -0.2) is 93.9 Å². The van der Waals surface area contributed by atoms with E-state index < -0.39 is 12.4 Å². The minimum Gasteiger partial charge on any atom is -0.465 e. The fourth-order valence-electron chi connectivity index (χ4n) is 6.46. The van der Waals surface area contributed by atoms with Gasteiger partial charge >= 0.3 is 6.09 Å². The summed E-state index contributed by atoms with van der Waals surface area (Å²) in [4.78, 5) is 27.1. The molecule has 254 valence electrons. The van der Waals surface area contributed by atoms with E-state index in [1.165, 1.54) is 50.0 Å². The van der Waals surface area contributed by atoms with Gasteiger partial charge in [0.1, 0.15) is 0 Å². The highest BCUT2D eigenvalue weighted by atomic mass is 16.7. The smallest absolute Gasteiger partial charge is 0.409 e. The molecule has 2 fully saturated rings. The van der Waals surface area contributed by atoms with Crippen LogP contribution in [0.2, 0.25) is 0 Å². The Balaban J connectivity index is 0.000000261. The van der Waals surface area contributed by atoms with Crippen molar-refractivity contribution < 1.29 is 28.9 Å². The standard InChI is InChI=1S/C25H40N2O4.C13H11NO2/c1-26(19-25(29-2)30-3)24(28)13-16-31-15-12-21-9-7-20(8-10-21)11-14-27-17-22-5-4-6-23(22)18-27;15-13(16)14-12-9-5-4-8-11(12)10-6-2-1-3-7-10/h7-10,22-23,25H,4-6,11-19H2,1-3H3;1-9,14H,(H,15,16). The first-order chi connectivity index (χ1) is 22.9. The number of methoxy groups -OCH3 is 2. The predicted octanol–water partition coefficient (Wildman–Crippen LogP) is 6.43. The molecule has 0 bridgehead atoms. The second-order valence-corrected chi connectivity index (χ2v) is 12.4. The zero-order valence-corrected chi connectivity index (χ0v) is 28.1. The van der Waals surface area contributed by atoms with Gasteiger partial charge in [-0.05, 0) is 60.3 Å². The van der Waals surface area contributed by atoms with E-state index in [-0.39, 0.29) is 5.91 Å². The van der Waals surface area contributed by atoms with Crippen LogP contribution in [0.5, 0.6) is 0 Å². The maximum absolute atomic E-state index is 12.1. The van der Waals surface area contributed by atoms with Crippen LogP contribution < -0.4 is 5.32 Å². The predicted molar refractivity (Wildman–Crippen MR) is 186 cm³/mol. The van der Waals surface area contributed by atoms with Gasteiger partial charge in [-0.3, -0.25) is 10.1 Å². The Morgan fingerprint density at radius 3 is 2.13 bits per heavy atom. The first-order valence-electron chi connectivity index (χ1n) is 16.7. The summed E-state index contributed by atoms with van der Waals surface area (Å²) in [5, 5.41) is 11.1. The zero-order valence-electron chi connectivity index (χ0n) is 28.1. The van der Waals surface area contributed by atoms with Crippen LogP contribution in [0.4, 0.5) is 10.5 Å². The number of carbonyl (C=O) groups is 2. The molecule has 2 unspecified atom stereocenters. The van der Waals surface area contributed by atoms with Gasteiger partial charge < -0.3 is 29.1 Å². The summed E-state index contributed by atoms with van der Waals surface area (Å²) < 4.78 is 15.9. The van der Waals surface area contributed by atoms with E-state index >= 15 is 0 Å². The first-order valence-corrected chi connectivity index (χ1v) is 16.7. The molecule has 2 N–H and O–H groups in total. The Morgan fingerprint density at radius 2 is 1.49 bits per heavy atom. The molecule has 2 aliphatic rings. The summed E-state index contributed by atoms with van der Waals surface area (Å²) in [5.41, 5.74) is 5.17. The van der Waals surface area contributed by atoms with Gasteiger partial charge in [0.2, 0.25) is 5.91 Å². The molecule has 1 saturated carbocycles. The van der Waals surface area contributed by atoms with Gasteiger partial charge in [0.15, 0.2) is 6.29 Å². The molecule has 3 aromatic rings. The van der Waals surface area contributed by atoms with Gasteiger partial charge in [-0.1, -0.05) is 79.2 Å². The summed E-state index contributed by atoms with van der Waals surface area (Å²) in [6.07, 6.45) is 5.28. The lowest BCUT2D eigenvalue weighted by atomic mass is 10.0. The lowest BCUT2D eigenvalue weighted by molar-refractivity contribution is -0.143. The Morgan fingerprint density at radius 1 is 0.872 bits per heavy atom. The maximum atomic E-state index is 12.1. The highest BCUT2D eigenvalue weighted by Gasteiger charge is 2.35. The second-order valence-electron chi connectivity index (χ2n) is 12.4. The molecular weight excluding hydrogens is 594 g/mol. The molecule has 1 aliphatic carbocycles. The molecule has 0 aromatic heterocycles. The fraction of sp³-hybridized carbons (Fsp3) is 0.474. The highest BCUT2D eigenvalue weighted by molar-refractivity contribution is 5.90. The number of nitrogens with zero attached hydrogens (tertiary/aromatic N) is 2. The molecule has 2 atom stereocenters. The number of likely N-dealkylation sites (tertiary alicyclic amines) is 1. The Labute approximate surface area is 279 Å². The lowest BCUT2D eigenvalue weighted by Crippen LogP contribution is -2.36. The van der Waals surface area contributed by atoms with Gasteiger partial charge in [-0.25, -0.2) is 4.79 Å². The number of carbonyl (C=O) groups excluding carboxylic acids is 1. The third kappa shape index (κ3) is 11.8. The number of ether oxygens (including phenoxy) is 3. The van der Waals surface area contributed by atoms with Crippen LogP contribution in [0.3, 0.4) is 0 Å². The first kappa shape index (κ1) is 36.1. The average molecular weight is 646 g/mol. The van der Waals surface area contributed by atoms with E-state index in [4.69, 9.17) is 19.3 Å². The number of likely N-dealkylation sites (N-methyl/N-ethyl adjacent to an activating group) is 1. The van der Waals surface area contributed by atoms with Crippen LogP contribution in [0, 0.1) is 11.8 Å². The van der Waals surface area contributed by atoms with Crippen molar-refractivity contribution >= 4 is 17.7 Å². The van der Waals surface area contributed by atoms with E-state index in [0.29, 0.717) is 31.9 Å². The van der Waals surface area contributed by atoms with Crippen LogP contribution >= 0.6 is 0 Å². The molecular formula is C38H51N3O6. The van der Waals surface area contributed by atoms with Crippen molar-refractivity contribution in [2.45, 2.75) is 44.8 Å². The maximum Gasteiger partial charge on any atom is 0.409 e. The number of para-hydroxylation sites is 1. The van der Waals surface area contributed by atoms with Gasteiger partial charge in [0.05, 0.1) is 31.9 Å². The number of benzene rings is 3. The van der Waals surface area contributed by atoms with Crippen molar-refractivity contribution in [3.8, 4) is 11.1 Å². The quantitative estimate of drug-likeness (QED) is 0.145. The Kier molecular flexibility index (Phi) is 14.7. The molecule has 0 spiro atoms. The van der Waals surface area contributed by atoms with E-state index in [9.17, 15) is 9.59 Å². The molecule has 47 heavy (non-hydrogen) atoms. The number of carboxylic acid groups (broad SMARTS) is 1. The van der Waals surface area contributed by atoms with Crippen molar-refractivity contribution in [1.82, 2.24) is 9.80 Å². The third-order valence-corrected chi connectivity index (χ3v) is 9.16. The second kappa shape index (κ2) is 19.2. The molecule has 2 amide bonds. The monoisotopic (exact) mass is 645 g/mol. The van der Waals surface area contributed by atoms with Crippen molar-refractivity contribution in [2.75, 3.05) is 66.0 Å². The van der Waals surface area contributed by atoms with Gasteiger partial charge in [-0.15, -0.1) is 0 Å². The van der Waals surface area contributed by atoms with Crippen LogP contribution in [0.1, 0.15) is 36.8 Å². The highest BCUT2D eigenvalue weighted by Crippen LogP contribution is 2.37. The summed E-state index contributed by atoms with van der Waals surface area (Å²) >= 11 is 0. The molecule has 5 rings (SSSR count). The number of anilines is 1. The van der Waals surface area contributed by atoms with Crippen molar-refractivity contribution in [3.05, 3.63) is 90.0 Å². The summed E-state index contributed by atoms with van der Waals surface area (Å²) in [5.74, 6) is 1.99.